The Labute approximate surface area is 128 Å². The summed E-state index contributed by atoms with van der Waals surface area (Å²) in [5.74, 6) is 0.173. The molecule has 0 aliphatic carbocycles. The molecule has 1 aliphatic rings. The van der Waals surface area contributed by atoms with Gasteiger partial charge in [-0.15, -0.1) is 0 Å². The predicted octanol–water partition coefficient (Wildman–Crippen LogP) is 3.04. The molecule has 1 saturated heterocycles. The van der Waals surface area contributed by atoms with Gasteiger partial charge in [-0.05, 0) is 25.5 Å². The maximum atomic E-state index is 12.3. The molecule has 1 aromatic carbocycles. The highest BCUT2D eigenvalue weighted by Crippen LogP contribution is 2.23. The molecule has 2 heterocycles. The first-order chi connectivity index (χ1) is 10.1. The van der Waals surface area contributed by atoms with Gasteiger partial charge in [-0.3, -0.25) is 4.79 Å². The van der Waals surface area contributed by atoms with Gasteiger partial charge in [-0.25, -0.2) is 4.98 Å². The van der Waals surface area contributed by atoms with Gasteiger partial charge in [0.15, 0.2) is 0 Å². The van der Waals surface area contributed by atoms with E-state index in [2.05, 4.69) is 10.3 Å². The zero-order valence-electron chi connectivity index (χ0n) is 11.8. The predicted molar refractivity (Wildman–Crippen MR) is 82.6 cm³/mol. The molecule has 0 bridgehead atoms. The van der Waals surface area contributed by atoms with Gasteiger partial charge in [0.2, 0.25) is 0 Å². The van der Waals surface area contributed by atoms with Crippen molar-refractivity contribution in [2.45, 2.75) is 19.4 Å². The zero-order chi connectivity index (χ0) is 14.8. The molecule has 1 fully saturated rings. The third kappa shape index (κ3) is 3.01. The number of para-hydroxylation sites is 1. The van der Waals surface area contributed by atoms with Crippen LogP contribution in [0.1, 0.15) is 23.8 Å². The highest BCUT2D eigenvalue weighted by atomic mass is 35.5. The fourth-order valence-electron chi connectivity index (χ4n) is 2.59. The molecule has 1 amide bonds. The molecule has 3 rings (SSSR count). The number of nitrogens with zero attached hydrogens (tertiary/aromatic N) is 1. The summed E-state index contributed by atoms with van der Waals surface area (Å²) in [6, 6.07) is 9.21. The first kappa shape index (κ1) is 14.3. The van der Waals surface area contributed by atoms with Crippen LogP contribution < -0.4 is 5.32 Å². The number of rotatable bonds is 3. The first-order valence-electron chi connectivity index (χ1n) is 7.09. The number of carbonyl (C=O) groups is 1. The van der Waals surface area contributed by atoms with Crippen LogP contribution in [0.2, 0.25) is 5.02 Å². The minimum absolute atomic E-state index is 0.0621. The number of nitrogens with one attached hydrogen (secondary N) is 1. The zero-order valence-corrected chi connectivity index (χ0v) is 12.6. The molecule has 21 heavy (non-hydrogen) atoms. The monoisotopic (exact) mass is 304 g/mol. The van der Waals surface area contributed by atoms with Gasteiger partial charge in [-0.2, -0.15) is 0 Å². The lowest BCUT2D eigenvalue weighted by Crippen LogP contribution is -2.38. The average molecular weight is 305 g/mol. The lowest BCUT2D eigenvalue weighted by Gasteiger charge is -2.19. The van der Waals surface area contributed by atoms with Crippen LogP contribution in [-0.2, 0) is 4.74 Å². The van der Waals surface area contributed by atoms with Gasteiger partial charge in [0.05, 0.1) is 17.1 Å². The van der Waals surface area contributed by atoms with E-state index in [1.54, 1.807) is 6.07 Å². The van der Waals surface area contributed by atoms with Crippen LogP contribution in [0.4, 0.5) is 0 Å². The van der Waals surface area contributed by atoms with Crippen molar-refractivity contribution in [1.29, 1.82) is 0 Å². The molecule has 2 unspecified atom stereocenters. The molecule has 110 valence electrons. The molecule has 1 aliphatic heterocycles. The lowest BCUT2D eigenvalue weighted by molar-refractivity contribution is 0.0917. The largest absolute Gasteiger partial charge is 0.381 e. The number of aromatic nitrogens is 1. The van der Waals surface area contributed by atoms with E-state index in [0.29, 0.717) is 23.2 Å². The summed E-state index contributed by atoms with van der Waals surface area (Å²) in [5.41, 5.74) is 1.08. The minimum Gasteiger partial charge on any atom is -0.381 e. The van der Waals surface area contributed by atoms with Gasteiger partial charge in [-0.1, -0.05) is 29.8 Å². The molecule has 4 nitrogen and oxygen atoms in total. The maximum Gasteiger partial charge on any atom is 0.270 e. The van der Waals surface area contributed by atoms with Crippen molar-refractivity contribution in [2.75, 3.05) is 13.2 Å². The Morgan fingerprint density at radius 2 is 2.29 bits per heavy atom. The Bertz CT molecular complexity index is 668. The normalized spacial score (nSPS) is 19.6. The van der Waals surface area contributed by atoms with E-state index < -0.39 is 0 Å². The highest BCUT2D eigenvalue weighted by Gasteiger charge is 2.24. The van der Waals surface area contributed by atoms with Crippen molar-refractivity contribution in [3.05, 3.63) is 41.0 Å². The summed E-state index contributed by atoms with van der Waals surface area (Å²) in [6.07, 6.45) is 0.980. The number of hydrogen-bond acceptors (Lipinski definition) is 3. The van der Waals surface area contributed by atoms with E-state index in [1.165, 1.54) is 0 Å². The Hall–Kier alpha value is -1.65. The van der Waals surface area contributed by atoms with E-state index in [1.807, 2.05) is 31.2 Å². The molecular weight excluding hydrogens is 288 g/mol. The number of pyridine rings is 1. The minimum atomic E-state index is -0.193. The Morgan fingerprint density at radius 1 is 1.48 bits per heavy atom. The van der Waals surface area contributed by atoms with Gasteiger partial charge >= 0.3 is 0 Å². The third-order valence-corrected chi connectivity index (χ3v) is 4.24. The molecule has 0 radical (unpaired) electrons. The number of hydrogen-bond donors (Lipinski definition) is 1. The van der Waals surface area contributed by atoms with Crippen molar-refractivity contribution in [3.8, 4) is 0 Å². The Morgan fingerprint density at radius 3 is 3.05 bits per heavy atom. The Kier molecular flexibility index (Phi) is 4.08. The number of carbonyl (C=O) groups excluding carboxylic acids is 1. The van der Waals surface area contributed by atoms with Crippen LogP contribution in [0, 0.1) is 5.92 Å². The molecule has 2 aromatic rings. The van der Waals surface area contributed by atoms with Crippen molar-refractivity contribution < 1.29 is 9.53 Å². The van der Waals surface area contributed by atoms with Crippen LogP contribution in [0.5, 0.6) is 0 Å². The molecule has 5 heteroatoms. The SMILES string of the molecule is CC(NC(=O)c1cc(Cl)c2ccccc2n1)C1CCOC1. The van der Waals surface area contributed by atoms with Crippen molar-refractivity contribution in [3.63, 3.8) is 0 Å². The fraction of sp³-hybridized carbons (Fsp3) is 0.375. The quantitative estimate of drug-likeness (QED) is 0.948. The van der Waals surface area contributed by atoms with Crippen molar-refractivity contribution >= 4 is 28.4 Å². The summed E-state index contributed by atoms with van der Waals surface area (Å²) in [6.45, 7) is 3.47. The lowest BCUT2D eigenvalue weighted by atomic mass is 10.0. The summed E-state index contributed by atoms with van der Waals surface area (Å²) in [4.78, 5) is 16.7. The second-order valence-corrected chi connectivity index (χ2v) is 5.80. The second-order valence-electron chi connectivity index (χ2n) is 5.39. The second kappa shape index (κ2) is 6.00. The molecule has 2 atom stereocenters. The van der Waals surface area contributed by atoms with Gasteiger partial charge < -0.3 is 10.1 Å². The summed E-state index contributed by atoms with van der Waals surface area (Å²) < 4.78 is 5.35. The molecule has 0 spiro atoms. The summed E-state index contributed by atoms with van der Waals surface area (Å²) in [5, 5.41) is 4.39. The molecule has 1 aromatic heterocycles. The maximum absolute atomic E-state index is 12.3. The van der Waals surface area contributed by atoms with Gasteiger partial charge in [0, 0.05) is 24.0 Å². The number of ether oxygens (including phenoxy) is 1. The number of halogens is 1. The van der Waals surface area contributed by atoms with Crippen LogP contribution in [0.3, 0.4) is 0 Å². The topological polar surface area (TPSA) is 51.2 Å². The van der Waals surface area contributed by atoms with Crippen LogP contribution in [0.25, 0.3) is 10.9 Å². The molecule has 0 saturated carbocycles. The summed E-state index contributed by atoms with van der Waals surface area (Å²) >= 11 is 6.23. The number of benzene rings is 1. The van der Waals surface area contributed by atoms with Crippen molar-refractivity contribution in [2.24, 2.45) is 5.92 Å². The van der Waals surface area contributed by atoms with Gasteiger partial charge in [0.1, 0.15) is 5.69 Å². The van der Waals surface area contributed by atoms with E-state index in [4.69, 9.17) is 16.3 Å². The van der Waals surface area contributed by atoms with E-state index in [0.717, 1.165) is 23.9 Å². The van der Waals surface area contributed by atoms with E-state index in [-0.39, 0.29) is 11.9 Å². The average Bonchev–Trinajstić information content (AvgIpc) is 3.01. The number of fused-ring (bicyclic) bond motifs is 1. The van der Waals surface area contributed by atoms with Crippen molar-refractivity contribution in [1.82, 2.24) is 10.3 Å². The summed E-state index contributed by atoms with van der Waals surface area (Å²) in [7, 11) is 0. The fourth-order valence-corrected chi connectivity index (χ4v) is 2.86. The Balaban J connectivity index is 1.81. The molecule has 1 N–H and O–H groups in total. The van der Waals surface area contributed by atoms with Crippen LogP contribution in [0.15, 0.2) is 30.3 Å². The van der Waals surface area contributed by atoms with Crippen LogP contribution >= 0.6 is 11.6 Å². The standard InChI is InChI=1S/C16H17ClN2O2/c1-10(11-6-7-21-9-11)18-16(20)15-8-13(17)12-4-2-3-5-14(12)19-15/h2-5,8,10-11H,6-7,9H2,1H3,(H,18,20). The highest BCUT2D eigenvalue weighted by molar-refractivity contribution is 6.35. The van der Waals surface area contributed by atoms with Gasteiger partial charge in [0.25, 0.3) is 5.91 Å². The van der Waals surface area contributed by atoms with E-state index >= 15 is 0 Å². The first-order valence-corrected chi connectivity index (χ1v) is 7.47. The molecular formula is C16H17ClN2O2. The van der Waals surface area contributed by atoms with E-state index in [9.17, 15) is 4.79 Å². The third-order valence-electron chi connectivity index (χ3n) is 3.93. The van der Waals surface area contributed by atoms with Crippen LogP contribution in [-0.4, -0.2) is 30.1 Å². The smallest absolute Gasteiger partial charge is 0.270 e. The number of amides is 1.